The molecule has 0 bridgehead atoms. The summed E-state index contributed by atoms with van der Waals surface area (Å²) in [5, 5.41) is 4.25. The number of fused-ring (bicyclic) bond motifs is 1. The Bertz CT molecular complexity index is 341. The number of aromatic nitrogens is 2. The molecule has 70 valence electrons. The molecule has 1 aliphatic rings. The van der Waals surface area contributed by atoms with Crippen LogP contribution in [0.25, 0.3) is 0 Å². The quantitative estimate of drug-likeness (QED) is 0.660. The second-order valence-corrected chi connectivity index (χ2v) is 3.64. The molecule has 0 amide bonds. The highest BCUT2D eigenvalue weighted by molar-refractivity contribution is 5.96. The van der Waals surface area contributed by atoms with Gasteiger partial charge in [0.25, 0.3) is 0 Å². The van der Waals surface area contributed by atoms with Crippen molar-refractivity contribution in [1.82, 2.24) is 9.78 Å². The van der Waals surface area contributed by atoms with Gasteiger partial charge >= 0.3 is 0 Å². The van der Waals surface area contributed by atoms with Crippen molar-refractivity contribution in [2.24, 2.45) is 0 Å². The zero-order chi connectivity index (χ0) is 9.42. The minimum atomic E-state index is 0.250. The fourth-order valence-electron chi connectivity index (χ4n) is 1.99. The van der Waals surface area contributed by atoms with E-state index in [9.17, 15) is 4.79 Å². The van der Waals surface area contributed by atoms with Gasteiger partial charge in [-0.1, -0.05) is 6.92 Å². The molecule has 0 saturated carbocycles. The average Bonchev–Trinajstić information content (AvgIpc) is 2.50. The van der Waals surface area contributed by atoms with E-state index in [0.29, 0.717) is 12.5 Å². The molecule has 13 heavy (non-hydrogen) atoms. The highest BCUT2D eigenvalue weighted by atomic mass is 16.1. The van der Waals surface area contributed by atoms with Crippen LogP contribution >= 0.6 is 0 Å². The molecule has 3 heteroatoms. The Morgan fingerprint density at radius 1 is 1.69 bits per heavy atom. The number of carbonyl (C=O) groups is 1. The highest BCUT2D eigenvalue weighted by Crippen LogP contribution is 2.27. The number of carbonyl (C=O) groups excluding carboxylic acids is 1. The monoisotopic (exact) mass is 178 g/mol. The molecule has 1 aromatic heterocycles. The summed E-state index contributed by atoms with van der Waals surface area (Å²) in [5.74, 6) is 0.250. The van der Waals surface area contributed by atoms with Crippen molar-refractivity contribution in [2.75, 3.05) is 0 Å². The van der Waals surface area contributed by atoms with Gasteiger partial charge in [-0.3, -0.25) is 9.48 Å². The van der Waals surface area contributed by atoms with Crippen molar-refractivity contribution in [3.8, 4) is 0 Å². The predicted molar refractivity (Wildman–Crippen MR) is 49.9 cm³/mol. The van der Waals surface area contributed by atoms with Gasteiger partial charge in [0.05, 0.1) is 12.2 Å². The number of rotatable bonds is 1. The van der Waals surface area contributed by atoms with Crippen LogP contribution in [-0.4, -0.2) is 15.6 Å². The maximum atomic E-state index is 11.6. The Kier molecular flexibility index (Phi) is 1.94. The van der Waals surface area contributed by atoms with Crippen LogP contribution in [0.2, 0.25) is 0 Å². The summed E-state index contributed by atoms with van der Waals surface area (Å²) in [6.07, 6.45) is 4.48. The van der Waals surface area contributed by atoms with Gasteiger partial charge in [0.2, 0.25) is 0 Å². The zero-order valence-corrected chi connectivity index (χ0v) is 8.08. The number of aryl methyl sites for hydroxylation is 1. The molecule has 0 spiro atoms. The Balaban J connectivity index is 2.50. The number of Topliss-reactive ketones (excluding diaryl/α,β-unsaturated/α-hetero) is 1. The maximum absolute atomic E-state index is 11.6. The van der Waals surface area contributed by atoms with E-state index in [-0.39, 0.29) is 5.78 Å². The van der Waals surface area contributed by atoms with Gasteiger partial charge in [-0.2, -0.15) is 5.10 Å². The molecule has 1 aromatic rings. The van der Waals surface area contributed by atoms with Crippen LogP contribution in [0.1, 0.15) is 48.3 Å². The van der Waals surface area contributed by atoms with Gasteiger partial charge in [0, 0.05) is 6.42 Å². The third-order valence-electron chi connectivity index (χ3n) is 2.76. The molecule has 3 nitrogen and oxygen atoms in total. The van der Waals surface area contributed by atoms with Gasteiger partial charge in [-0.05, 0) is 25.3 Å². The number of nitrogens with zero attached hydrogens (tertiary/aromatic N) is 2. The lowest BCUT2D eigenvalue weighted by Crippen LogP contribution is -2.23. The van der Waals surface area contributed by atoms with E-state index in [4.69, 9.17) is 0 Å². The number of ketones is 1. The molecule has 0 N–H and O–H groups in total. The Morgan fingerprint density at radius 2 is 2.46 bits per heavy atom. The van der Waals surface area contributed by atoms with Gasteiger partial charge in [0.1, 0.15) is 5.69 Å². The second-order valence-electron chi connectivity index (χ2n) is 3.64. The first-order valence-corrected chi connectivity index (χ1v) is 4.81. The molecule has 2 heterocycles. The molecule has 0 aliphatic carbocycles. The van der Waals surface area contributed by atoms with Gasteiger partial charge in [0.15, 0.2) is 5.78 Å². The third-order valence-corrected chi connectivity index (χ3v) is 2.76. The first-order valence-electron chi connectivity index (χ1n) is 4.81. The Labute approximate surface area is 77.7 Å². The van der Waals surface area contributed by atoms with Crippen LogP contribution in [0, 0.1) is 6.92 Å². The first kappa shape index (κ1) is 8.48. The van der Waals surface area contributed by atoms with Gasteiger partial charge in [-0.15, -0.1) is 0 Å². The van der Waals surface area contributed by atoms with Crippen LogP contribution in [0.15, 0.2) is 6.20 Å². The lowest BCUT2D eigenvalue weighted by molar-refractivity contribution is 0.0935. The summed E-state index contributed by atoms with van der Waals surface area (Å²) in [6, 6.07) is 0.432. The Morgan fingerprint density at radius 3 is 3.15 bits per heavy atom. The van der Waals surface area contributed by atoms with E-state index in [2.05, 4.69) is 12.0 Å². The maximum Gasteiger partial charge on any atom is 0.181 e. The summed E-state index contributed by atoms with van der Waals surface area (Å²) in [6.45, 7) is 4.09. The van der Waals surface area contributed by atoms with Crippen LogP contribution in [-0.2, 0) is 0 Å². The normalized spacial score (nSPS) is 21.7. The SMILES string of the molecule is CCC1CCC(=O)c2c(C)cnn21. The van der Waals surface area contributed by atoms with Crippen LogP contribution in [0.3, 0.4) is 0 Å². The van der Waals surface area contributed by atoms with E-state index in [1.54, 1.807) is 6.20 Å². The molecule has 1 unspecified atom stereocenters. The summed E-state index contributed by atoms with van der Waals surface area (Å²) >= 11 is 0. The van der Waals surface area contributed by atoms with E-state index < -0.39 is 0 Å². The largest absolute Gasteiger partial charge is 0.292 e. The lowest BCUT2D eigenvalue weighted by Gasteiger charge is -2.22. The van der Waals surface area contributed by atoms with Crippen LogP contribution in [0.5, 0.6) is 0 Å². The van der Waals surface area contributed by atoms with Crippen molar-refractivity contribution in [3.63, 3.8) is 0 Å². The third kappa shape index (κ3) is 1.19. The predicted octanol–water partition coefficient (Wildman–Crippen LogP) is 2.12. The second kappa shape index (κ2) is 2.98. The first-order chi connectivity index (χ1) is 6.24. The van der Waals surface area contributed by atoms with E-state index in [0.717, 1.165) is 24.1 Å². The molecule has 2 rings (SSSR count). The summed E-state index contributed by atoms with van der Waals surface area (Å²) in [5.41, 5.74) is 1.85. The summed E-state index contributed by atoms with van der Waals surface area (Å²) in [7, 11) is 0. The van der Waals surface area contributed by atoms with Gasteiger partial charge in [-0.25, -0.2) is 0 Å². The zero-order valence-electron chi connectivity index (χ0n) is 8.08. The minimum absolute atomic E-state index is 0.250. The van der Waals surface area contributed by atoms with Crippen molar-refractivity contribution in [3.05, 3.63) is 17.5 Å². The van der Waals surface area contributed by atoms with Crippen molar-refractivity contribution in [2.45, 2.75) is 39.2 Å². The fourth-order valence-corrected chi connectivity index (χ4v) is 1.99. The number of hydrogen-bond donors (Lipinski definition) is 0. The molecule has 1 atom stereocenters. The van der Waals surface area contributed by atoms with E-state index >= 15 is 0 Å². The van der Waals surface area contributed by atoms with Crippen molar-refractivity contribution in [1.29, 1.82) is 0 Å². The molecular formula is C10H14N2O. The average molecular weight is 178 g/mol. The van der Waals surface area contributed by atoms with Crippen LogP contribution in [0.4, 0.5) is 0 Å². The van der Waals surface area contributed by atoms with Crippen LogP contribution < -0.4 is 0 Å². The van der Waals surface area contributed by atoms with Crippen molar-refractivity contribution >= 4 is 5.78 Å². The standard InChI is InChI=1S/C10H14N2O/c1-3-8-4-5-9(13)10-7(2)6-11-12(8)10/h6,8H,3-5H2,1-2H3. The highest BCUT2D eigenvalue weighted by Gasteiger charge is 2.26. The van der Waals surface area contributed by atoms with E-state index in [1.165, 1.54) is 0 Å². The van der Waals surface area contributed by atoms with Gasteiger partial charge < -0.3 is 0 Å². The topological polar surface area (TPSA) is 34.9 Å². The molecule has 0 radical (unpaired) electrons. The molecule has 0 aromatic carbocycles. The van der Waals surface area contributed by atoms with E-state index in [1.807, 2.05) is 11.6 Å². The molecule has 1 aliphatic heterocycles. The fraction of sp³-hybridized carbons (Fsp3) is 0.600. The lowest BCUT2D eigenvalue weighted by atomic mass is 9.99. The molecule has 0 saturated heterocycles. The summed E-state index contributed by atoms with van der Waals surface area (Å²) in [4.78, 5) is 11.6. The smallest absolute Gasteiger partial charge is 0.181 e. The summed E-state index contributed by atoms with van der Waals surface area (Å²) < 4.78 is 1.90. The Hall–Kier alpha value is -1.12. The number of hydrogen-bond acceptors (Lipinski definition) is 2. The minimum Gasteiger partial charge on any atom is -0.292 e. The van der Waals surface area contributed by atoms with Crippen molar-refractivity contribution < 1.29 is 4.79 Å². The molecular weight excluding hydrogens is 164 g/mol. The molecule has 0 fully saturated rings.